The molecule has 1 aromatic carbocycles. The quantitative estimate of drug-likeness (QED) is 0.836. The minimum atomic E-state index is -0.811. The van der Waals surface area contributed by atoms with Crippen LogP contribution in [0, 0.1) is 0 Å². The van der Waals surface area contributed by atoms with Crippen molar-refractivity contribution in [2.24, 2.45) is 0 Å². The van der Waals surface area contributed by atoms with Crippen molar-refractivity contribution in [3.05, 3.63) is 29.8 Å². The number of carbonyl (C=O) groups is 1. The largest absolute Gasteiger partial charge is 0.496 e. The molecule has 0 amide bonds. The number of benzene rings is 1. The molecule has 0 aliphatic rings. The number of hydrogen-bond donors (Lipinski definition) is 1. The minimum absolute atomic E-state index is 0.504. The molecule has 0 bridgehead atoms. The maximum Gasteiger partial charge on any atom is 0.311 e. The van der Waals surface area contributed by atoms with Gasteiger partial charge in [-0.05, 0) is 12.3 Å². The zero-order chi connectivity index (χ0) is 11.3. The average molecular weight is 226 g/mol. The molecule has 0 radical (unpaired) electrons. The van der Waals surface area contributed by atoms with Gasteiger partial charge in [-0.3, -0.25) is 4.79 Å². The van der Waals surface area contributed by atoms with Crippen LogP contribution >= 0.6 is 11.8 Å². The first-order valence-corrected chi connectivity index (χ1v) is 5.94. The molecule has 82 valence electrons. The molecule has 0 saturated carbocycles. The highest BCUT2D eigenvalue weighted by atomic mass is 32.2. The van der Waals surface area contributed by atoms with Crippen LogP contribution in [0.1, 0.15) is 11.5 Å². The Hall–Kier alpha value is -1.16. The molecule has 1 atom stereocenters. The van der Waals surface area contributed by atoms with Crippen LogP contribution in [0.2, 0.25) is 0 Å². The van der Waals surface area contributed by atoms with E-state index in [-0.39, 0.29) is 0 Å². The lowest BCUT2D eigenvalue weighted by molar-refractivity contribution is -0.138. The van der Waals surface area contributed by atoms with Crippen molar-refractivity contribution >= 4 is 17.7 Å². The third-order valence-electron chi connectivity index (χ3n) is 2.15. The van der Waals surface area contributed by atoms with Gasteiger partial charge in [0.25, 0.3) is 0 Å². The number of carboxylic acids is 1. The molecule has 0 aromatic heterocycles. The molecule has 0 aliphatic heterocycles. The fraction of sp³-hybridized carbons (Fsp3) is 0.364. The second-order valence-electron chi connectivity index (χ2n) is 3.09. The highest BCUT2D eigenvalue weighted by molar-refractivity contribution is 7.98. The fourth-order valence-electron chi connectivity index (χ4n) is 1.42. The van der Waals surface area contributed by atoms with Crippen LogP contribution in [0.5, 0.6) is 5.75 Å². The number of rotatable bonds is 5. The summed E-state index contributed by atoms with van der Waals surface area (Å²) in [6.45, 7) is 0. The van der Waals surface area contributed by atoms with Crippen LogP contribution in [0.25, 0.3) is 0 Å². The summed E-state index contributed by atoms with van der Waals surface area (Å²) in [6, 6.07) is 7.24. The number of ether oxygens (including phenoxy) is 1. The summed E-state index contributed by atoms with van der Waals surface area (Å²) >= 11 is 1.52. The van der Waals surface area contributed by atoms with E-state index in [1.165, 1.54) is 11.8 Å². The van der Waals surface area contributed by atoms with E-state index in [9.17, 15) is 4.79 Å². The lowest BCUT2D eigenvalue weighted by Crippen LogP contribution is -2.15. The number of methoxy groups -OCH3 is 1. The van der Waals surface area contributed by atoms with Gasteiger partial charge in [0, 0.05) is 11.3 Å². The summed E-state index contributed by atoms with van der Waals surface area (Å²) in [5, 5.41) is 9.11. The van der Waals surface area contributed by atoms with Crippen molar-refractivity contribution in [2.75, 3.05) is 19.1 Å². The first-order chi connectivity index (χ1) is 7.20. The molecule has 0 heterocycles. The van der Waals surface area contributed by atoms with E-state index in [4.69, 9.17) is 9.84 Å². The Labute approximate surface area is 93.4 Å². The predicted molar refractivity (Wildman–Crippen MR) is 61.8 cm³/mol. The Balaban J connectivity index is 3.04. The monoisotopic (exact) mass is 226 g/mol. The second-order valence-corrected chi connectivity index (χ2v) is 4.00. The number of aliphatic carboxylic acids is 1. The summed E-state index contributed by atoms with van der Waals surface area (Å²) < 4.78 is 5.15. The van der Waals surface area contributed by atoms with Gasteiger partial charge < -0.3 is 9.84 Å². The Morgan fingerprint density at radius 2 is 2.20 bits per heavy atom. The summed E-state index contributed by atoms with van der Waals surface area (Å²) in [4.78, 5) is 11.1. The van der Waals surface area contributed by atoms with Gasteiger partial charge in [-0.15, -0.1) is 0 Å². The fourth-order valence-corrected chi connectivity index (χ4v) is 2.07. The second kappa shape index (κ2) is 5.66. The van der Waals surface area contributed by atoms with E-state index in [2.05, 4.69) is 0 Å². The van der Waals surface area contributed by atoms with Gasteiger partial charge in [0.15, 0.2) is 0 Å². The molecule has 0 fully saturated rings. The van der Waals surface area contributed by atoms with Crippen molar-refractivity contribution in [2.45, 2.75) is 5.92 Å². The van der Waals surface area contributed by atoms with Gasteiger partial charge in [-0.2, -0.15) is 11.8 Å². The van der Waals surface area contributed by atoms with Crippen molar-refractivity contribution < 1.29 is 14.6 Å². The molecule has 0 saturated heterocycles. The first-order valence-electron chi connectivity index (χ1n) is 4.55. The van der Waals surface area contributed by atoms with Gasteiger partial charge >= 0.3 is 5.97 Å². The zero-order valence-corrected chi connectivity index (χ0v) is 9.58. The number of para-hydroxylation sites is 1. The summed E-state index contributed by atoms with van der Waals surface area (Å²) in [5.74, 6) is -0.126. The molecule has 0 aliphatic carbocycles. The predicted octanol–water partition coefficient (Wildman–Crippen LogP) is 2.23. The molecule has 1 N–H and O–H groups in total. The summed E-state index contributed by atoms with van der Waals surface area (Å²) in [5.41, 5.74) is 0.738. The van der Waals surface area contributed by atoms with Crippen LogP contribution < -0.4 is 4.74 Å². The van der Waals surface area contributed by atoms with E-state index in [0.717, 1.165) is 5.56 Å². The third kappa shape index (κ3) is 2.89. The van der Waals surface area contributed by atoms with E-state index in [1.54, 1.807) is 19.2 Å². The van der Waals surface area contributed by atoms with Gasteiger partial charge in [-0.1, -0.05) is 18.2 Å². The highest BCUT2D eigenvalue weighted by Crippen LogP contribution is 2.28. The van der Waals surface area contributed by atoms with Crippen molar-refractivity contribution in [3.8, 4) is 5.75 Å². The van der Waals surface area contributed by atoms with Gasteiger partial charge in [-0.25, -0.2) is 0 Å². The highest BCUT2D eigenvalue weighted by Gasteiger charge is 2.22. The van der Waals surface area contributed by atoms with E-state index < -0.39 is 11.9 Å². The Bertz CT molecular complexity index is 338. The van der Waals surface area contributed by atoms with E-state index >= 15 is 0 Å². The van der Waals surface area contributed by atoms with Crippen LogP contribution in [-0.4, -0.2) is 30.2 Å². The van der Waals surface area contributed by atoms with E-state index in [1.807, 2.05) is 18.4 Å². The lowest BCUT2D eigenvalue weighted by atomic mass is 10.0. The molecule has 1 unspecified atom stereocenters. The normalized spacial score (nSPS) is 12.1. The van der Waals surface area contributed by atoms with E-state index in [0.29, 0.717) is 11.5 Å². The number of carboxylic acid groups (broad SMARTS) is 1. The molecule has 1 rings (SSSR count). The molecule has 3 nitrogen and oxygen atoms in total. The smallest absolute Gasteiger partial charge is 0.311 e. The molecular weight excluding hydrogens is 212 g/mol. The lowest BCUT2D eigenvalue weighted by Gasteiger charge is -2.14. The Morgan fingerprint density at radius 3 is 2.73 bits per heavy atom. The summed E-state index contributed by atoms with van der Waals surface area (Å²) in [6.07, 6.45) is 1.89. The van der Waals surface area contributed by atoms with Crippen LogP contribution in [0.15, 0.2) is 24.3 Å². The van der Waals surface area contributed by atoms with Crippen molar-refractivity contribution in [1.29, 1.82) is 0 Å². The molecule has 0 spiro atoms. The molecular formula is C11H14O3S. The minimum Gasteiger partial charge on any atom is -0.496 e. The number of thioether (sulfide) groups is 1. The maximum atomic E-state index is 11.1. The van der Waals surface area contributed by atoms with Gasteiger partial charge in [0.1, 0.15) is 5.75 Å². The van der Waals surface area contributed by atoms with Crippen LogP contribution in [0.4, 0.5) is 0 Å². The molecule has 15 heavy (non-hydrogen) atoms. The van der Waals surface area contributed by atoms with Crippen molar-refractivity contribution in [3.63, 3.8) is 0 Å². The maximum absolute atomic E-state index is 11.1. The topological polar surface area (TPSA) is 46.5 Å². The SMILES string of the molecule is COc1ccccc1C(CSC)C(=O)O. The Morgan fingerprint density at radius 1 is 1.53 bits per heavy atom. The number of hydrogen-bond acceptors (Lipinski definition) is 3. The first kappa shape index (κ1) is 11.9. The Kier molecular flexibility index (Phi) is 4.49. The van der Waals surface area contributed by atoms with Crippen molar-refractivity contribution in [1.82, 2.24) is 0 Å². The standard InChI is InChI=1S/C11H14O3S/c1-14-10-6-4-3-5-8(10)9(7-15-2)11(12)13/h3-6,9H,7H2,1-2H3,(H,12,13). The van der Waals surface area contributed by atoms with Gasteiger partial charge in [0.05, 0.1) is 13.0 Å². The van der Waals surface area contributed by atoms with Gasteiger partial charge in [0.2, 0.25) is 0 Å². The zero-order valence-electron chi connectivity index (χ0n) is 8.77. The molecule has 1 aromatic rings. The average Bonchev–Trinajstić information content (AvgIpc) is 2.25. The molecule has 4 heteroatoms. The van der Waals surface area contributed by atoms with Crippen LogP contribution in [-0.2, 0) is 4.79 Å². The third-order valence-corrected chi connectivity index (χ3v) is 2.81. The summed E-state index contributed by atoms with van der Waals surface area (Å²) in [7, 11) is 1.55. The van der Waals surface area contributed by atoms with Crippen LogP contribution in [0.3, 0.4) is 0 Å².